The summed E-state index contributed by atoms with van der Waals surface area (Å²) in [5.74, 6) is 0.371. The molecule has 0 bridgehead atoms. The molecule has 0 aliphatic carbocycles. The molecule has 1 rings (SSSR count). The number of pyridine rings is 1. The summed E-state index contributed by atoms with van der Waals surface area (Å²) in [6, 6.07) is 1.34. The van der Waals surface area contributed by atoms with Crippen LogP contribution in [0.4, 0.5) is 13.2 Å². The molecule has 0 fully saturated rings. The Kier molecular flexibility index (Phi) is 15.2. The zero-order valence-corrected chi connectivity index (χ0v) is 14.1. The Balaban J connectivity index is -0.000000425. The van der Waals surface area contributed by atoms with Crippen LogP contribution in [0.5, 0.6) is 5.75 Å². The summed E-state index contributed by atoms with van der Waals surface area (Å²) < 4.78 is 41.9. The molecule has 0 unspecified atom stereocenters. The number of hydrogen-bond donors (Lipinski definition) is 0. The third kappa shape index (κ3) is 8.02. The smallest absolute Gasteiger partial charge is 0.433 e. The van der Waals surface area contributed by atoms with Crippen molar-refractivity contribution in [3.8, 4) is 5.75 Å². The summed E-state index contributed by atoms with van der Waals surface area (Å²) in [6.45, 7) is 14.8. The monoisotopic (exact) mass is 295 g/mol. The van der Waals surface area contributed by atoms with Gasteiger partial charge in [0.15, 0.2) is 0 Å². The molecular formula is C15H28F3NO. The van der Waals surface area contributed by atoms with Crippen LogP contribution in [0.15, 0.2) is 6.07 Å². The summed E-state index contributed by atoms with van der Waals surface area (Å²) in [7, 11) is 1.40. The summed E-state index contributed by atoms with van der Waals surface area (Å²) in [6.07, 6.45) is -4.40. The lowest BCUT2D eigenvalue weighted by Gasteiger charge is -2.12. The second-order valence-electron chi connectivity index (χ2n) is 2.94. The van der Waals surface area contributed by atoms with Crippen LogP contribution in [0, 0.1) is 13.8 Å². The van der Waals surface area contributed by atoms with Gasteiger partial charge in [-0.25, -0.2) is 4.98 Å². The van der Waals surface area contributed by atoms with Crippen molar-refractivity contribution < 1.29 is 17.9 Å². The number of halogens is 3. The molecule has 0 atom stereocenters. The third-order valence-corrected chi connectivity index (χ3v) is 1.85. The second-order valence-corrected chi connectivity index (χ2v) is 2.94. The van der Waals surface area contributed by atoms with E-state index in [1.165, 1.54) is 27.0 Å². The molecule has 0 aliphatic heterocycles. The molecule has 1 aromatic heterocycles. The highest BCUT2D eigenvalue weighted by atomic mass is 19.4. The molecule has 0 aromatic carbocycles. The quantitative estimate of drug-likeness (QED) is 0.652. The summed E-state index contributed by atoms with van der Waals surface area (Å²) in [4.78, 5) is 3.46. The lowest BCUT2D eigenvalue weighted by molar-refractivity contribution is -0.141. The van der Waals surface area contributed by atoms with Crippen molar-refractivity contribution >= 4 is 0 Å². The van der Waals surface area contributed by atoms with E-state index in [9.17, 15) is 13.2 Å². The van der Waals surface area contributed by atoms with Crippen LogP contribution >= 0.6 is 0 Å². The first-order chi connectivity index (χ1) is 9.36. The van der Waals surface area contributed by atoms with Crippen LogP contribution in [0.2, 0.25) is 0 Å². The number of methoxy groups -OCH3 is 1. The molecular weight excluding hydrogens is 267 g/mol. The first-order valence-corrected chi connectivity index (χ1v) is 6.95. The number of hydrogen-bond acceptors (Lipinski definition) is 2. The first-order valence-electron chi connectivity index (χ1n) is 6.95. The Morgan fingerprint density at radius 1 is 0.950 bits per heavy atom. The van der Waals surface area contributed by atoms with Gasteiger partial charge in [-0.15, -0.1) is 0 Å². The Morgan fingerprint density at radius 3 is 1.65 bits per heavy atom. The van der Waals surface area contributed by atoms with E-state index in [2.05, 4.69) is 4.98 Å². The molecule has 1 heterocycles. The van der Waals surface area contributed by atoms with Crippen molar-refractivity contribution in [2.45, 2.75) is 61.6 Å². The lowest BCUT2D eigenvalue weighted by Crippen LogP contribution is -2.11. The average Bonchev–Trinajstić information content (AvgIpc) is 2.46. The van der Waals surface area contributed by atoms with E-state index in [-0.39, 0.29) is 11.3 Å². The topological polar surface area (TPSA) is 22.1 Å². The highest BCUT2D eigenvalue weighted by Gasteiger charge is 2.34. The molecule has 120 valence electrons. The Morgan fingerprint density at radius 2 is 1.35 bits per heavy atom. The number of nitrogens with zero attached hydrogens (tertiary/aromatic N) is 1. The maximum atomic E-state index is 12.4. The van der Waals surface area contributed by atoms with Gasteiger partial charge in [-0.3, -0.25) is 0 Å². The van der Waals surface area contributed by atoms with Gasteiger partial charge in [0.25, 0.3) is 0 Å². The first kappa shape index (κ1) is 23.8. The Labute approximate surface area is 121 Å². The molecule has 0 radical (unpaired) electrons. The van der Waals surface area contributed by atoms with Crippen molar-refractivity contribution in [2.24, 2.45) is 0 Å². The number of rotatable bonds is 1. The highest BCUT2D eigenvalue weighted by molar-refractivity contribution is 5.35. The standard InChI is InChI=1S/C9H10F3NO.3C2H6/c1-5-4-7(14-3)6(2)13-8(5)9(10,11)12;3*1-2/h4H,1-3H3;3*1-2H3. The van der Waals surface area contributed by atoms with E-state index in [0.29, 0.717) is 5.75 Å². The molecule has 1 aromatic rings. The van der Waals surface area contributed by atoms with Crippen LogP contribution in [0.1, 0.15) is 58.5 Å². The van der Waals surface area contributed by atoms with E-state index < -0.39 is 11.9 Å². The van der Waals surface area contributed by atoms with Crippen molar-refractivity contribution in [1.29, 1.82) is 0 Å². The van der Waals surface area contributed by atoms with E-state index in [1.807, 2.05) is 41.5 Å². The lowest BCUT2D eigenvalue weighted by atomic mass is 10.2. The van der Waals surface area contributed by atoms with Gasteiger partial charge in [0.1, 0.15) is 11.4 Å². The SMILES string of the molecule is CC.CC.CC.COc1cc(C)c(C(F)(F)F)nc1C. The molecule has 0 amide bonds. The van der Waals surface area contributed by atoms with E-state index in [1.54, 1.807) is 0 Å². The summed E-state index contributed by atoms with van der Waals surface area (Å²) in [5, 5.41) is 0. The summed E-state index contributed by atoms with van der Waals surface area (Å²) >= 11 is 0. The molecule has 0 spiro atoms. The molecule has 0 aliphatic rings. The highest BCUT2D eigenvalue weighted by Crippen LogP contribution is 2.32. The van der Waals surface area contributed by atoms with E-state index >= 15 is 0 Å². The maximum Gasteiger partial charge on any atom is 0.433 e. The fourth-order valence-corrected chi connectivity index (χ4v) is 1.17. The molecule has 5 heteroatoms. The van der Waals surface area contributed by atoms with Crippen LogP contribution in [0.3, 0.4) is 0 Å². The zero-order chi connectivity index (χ0) is 16.9. The zero-order valence-electron chi connectivity index (χ0n) is 14.1. The predicted molar refractivity (Wildman–Crippen MR) is 79.3 cm³/mol. The van der Waals surface area contributed by atoms with Gasteiger partial charge in [-0.1, -0.05) is 41.5 Å². The minimum atomic E-state index is -4.40. The number of aromatic nitrogens is 1. The van der Waals surface area contributed by atoms with Crippen molar-refractivity contribution in [2.75, 3.05) is 7.11 Å². The van der Waals surface area contributed by atoms with E-state index in [0.717, 1.165) is 0 Å². The number of ether oxygens (including phenoxy) is 1. The molecule has 2 nitrogen and oxygen atoms in total. The van der Waals surface area contributed by atoms with Gasteiger partial charge in [0.2, 0.25) is 0 Å². The van der Waals surface area contributed by atoms with E-state index in [4.69, 9.17) is 4.74 Å². The fourth-order valence-electron chi connectivity index (χ4n) is 1.17. The van der Waals surface area contributed by atoms with Gasteiger partial charge in [0, 0.05) is 0 Å². The summed E-state index contributed by atoms with van der Waals surface area (Å²) in [5.41, 5.74) is -0.541. The van der Waals surface area contributed by atoms with Crippen molar-refractivity contribution in [3.63, 3.8) is 0 Å². The van der Waals surface area contributed by atoms with Gasteiger partial charge in [-0.05, 0) is 25.5 Å². The maximum absolute atomic E-state index is 12.4. The molecule has 0 saturated carbocycles. The second kappa shape index (κ2) is 12.8. The Hall–Kier alpha value is -1.26. The number of aryl methyl sites for hydroxylation is 2. The molecule has 0 N–H and O–H groups in total. The largest absolute Gasteiger partial charge is 0.495 e. The van der Waals surface area contributed by atoms with Gasteiger partial charge < -0.3 is 4.74 Å². The van der Waals surface area contributed by atoms with Gasteiger partial charge in [0.05, 0.1) is 12.8 Å². The third-order valence-electron chi connectivity index (χ3n) is 1.85. The van der Waals surface area contributed by atoms with Crippen LogP contribution < -0.4 is 4.74 Å². The minimum absolute atomic E-state index is 0.0694. The van der Waals surface area contributed by atoms with Crippen LogP contribution in [0.25, 0.3) is 0 Å². The Bertz CT molecular complexity index is 350. The fraction of sp³-hybridized carbons (Fsp3) is 0.667. The molecule has 0 saturated heterocycles. The van der Waals surface area contributed by atoms with Crippen molar-refractivity contribution in [3.05, 3.63) is 23.0 Å². The van der Waals surface area contributed by atoms with Crippen molar-refractivity contribution in [1.82, 2.24) is 4.98 Å². The minimum Gasteiger partial charge on any atom is -0.495 e. The van der Waals surface area contributed by atoms with Crippen LogP contribution in [-0.4, -0.2) is 12.1 Å². The number of alkyl halides is 3. The van der Waals surface area contributed by atoms with Gasteiger partial charge in [-0.2, -0.15) is 13.2 Å². The molecule has 20 heavy (non-hydrogen) atoms. The average molecular weight is 295 g/mol. The van der Waals surface area contributed by atoms with Crippen LogP contribution in [-0.2, 0) is 6.18 Å². The predicted octanol–water partition coefficient (Wildman–Crippen LogP) is 5.80. The normalized spacial score (nSPS) is 9.00. The van der Waals surface area contributed by atoms with Gasteiger partial charge >= 0.3 is 6.18 Å².